The van der Waals surface area contributed by atoms with Crippen LogP contribution in [-0.4, -0.2) is 10.9 Å². The molecule has 0 fully saturated rings. The third-order valence-corrected chi connectivity index (χ3v) is 3.91. The van der Waals surface area contributed by atoms with E-state index in [1.54, 1.807) is 18.7 Å². The van der Waals surface area contributed by atoms with Crippen molar-refractivity contribution < 1.29 is 9.21 Å². The van der Waals surface area contributed by atoms with Gasteiger partial charge in [-0.2, -0.15) is 0 Å². The van der Waals surface area contributed by atoms with Crippen LogP contribution < -0.4 is 5.32 Å². The summed E-state index contributed by atoms with van der Waals surface area (Å²) < 4.78 is 5.50. The highest BCUT2D eigenvalue weighted by Crippen LogP contribution is 2.27. The van der Waals surface area contributed by atoms with E-state index >= 15 is 0 Å². The van der Waals surface area contributed by atoms with Gasteiger partial charge < -0.3 is 9.73 Å². The van der Waals surface area contributed by atoms with E-state index in [-0.39, 0.29) is 12.3 Å². The Morgan fingerprint density at radius 3 is 3.05 bits per heavy atom. The second-order valence-corrected chi connectivity index (χ2v) is 5.58. The number of hydrogen-bond acceptors (Lipinski definition) is 3. The number of halogens is 1. The number of nitrogens with zero attached hydrogens (tertiary/aromatic N) is 1. The fourth-order valence-electron chi connectivity index (χ4n) is 2.28. The van der Waals surface area contributed by atoms with Crippen molar-refractivity contribution in [3.05, 3.63) is 64.6 Å². The number of aromatic nitrogens is 1. The number of rotatable bonds is 4. The van der Waals surface area contributed by atoms with Crippen LogP contribution in [0.3, 0.4) is 0 Å². The SMILES string of the molecule is Cc1cc2occ(CC(=O)NCc3cccnc3)c2cc1Cl. The first-order valence-corrected chi connectivity index (χ1v) is 7.33. The molecule has 0 aliphatic rings. The van der Waals surface area contributed by atoms with Gasteiger partial charge >= 0.3 is 0 Å². The van der Waals surface area contributed by atoms with Gasteiger partial charge in [-0.25, -0.2) is 0 Å². The Balaban J connectivity index is 1.70. The Labute approximate surface area is 133 Å². The first-order valence-electron chi connectivity index (χ1n) is 6.95. The zero-order valence-corrected chi connectivity index (χ0v) is 12.9. The second-order valence-electron chi connectivity index (χ2n) is 5.17. The fraction of sp³-hybridized carbons (Fsp3) is 0.176. The summed E-state index contributed by atoms with van der Waals surface area (Å²) in [5.41, 5.74) is 3.50. The van der Waals surface area contributed by atoms with Crippen LogP contribution in [0.4, 0.5) is 0 Å². The van der Waals surface area contributed by atoms with Gasteiger partial charge in [-0.1, -0.05) is 17.7 Å². The lowest BCUT2D eigenvalue weighted by atomic mass is 10.1. The molecule has 5 heteroatoms. The van der Waals surface area contributed by atoms with Gasteiger partial charge in [0.1, 0.15) is 5.58 Å². The highest BCUT2D eigenvalue weighted by atomic mass is 35.5. The molecule has 0 atom stereocenters. The third kappa shape index (κ3) is 3.12. The predicted octanol–water partition coefficient (Wildman–Crippen LogP) is 3.65. The van der Waals surface area contributed by atoms with Crippen molar-refractivity contribution in [1.82, 2.24) is 10.3 Å². The maximum Gasteiger partial charge on any atom is 0.224 e. The molecule has 1 amide bonds. The summed E-state index contributed by atoms with van der Waals surface area (Å²) in [5.74, 6) is -0.0664. The van der Waals surface area contributed by atoms with E-state index in [4.69, 9.17) is 16.0 Å². The molecule has 0 saturated heterocycles. The second kappa shape index (κ2) is 6.20. The van der Waals surface area contributed by atoms with E-state index in [0.29, 0.717) is 11.6 Å². The minimum Gasteiger partial charge on any atom is -0.464 e. The zero-order valence-electron chi connectivity index (χ0n) is 12.1. The Hall–Kier alpha value is -2.33. The first kappa shape index (κ1) is 14.6. The number of aryl methyl sites for hydroxylation is 1. The average Bonchev–Trinajstić information content (AvgIpc) is 2.89. The van der Waals surface area contributed by atoms with Gasteiger partial charge in [-0.15, -0.1) is 0 Å². The van der Waals surface area contributed by atoms with Crippen LogP contribution in [0, 0.1) is 6.92 Å². The number of benzene rings is 1. The predicted molar refractivity (Wildman–Crippen MR) is 85.7 cm³/mol. The number of carbonyl (C=O) groups excluding carboxylic acids is 1. The highest BCUT2D eigenvalue weighted by Gasteiger charge is 2.12. The molecular formula is C17H15ClN2O2. The van der Waals surface area contributed by atoms with E-state index < -0.39 is 0 Å². The maximum absolute atomic E-state index is 12.1. The van der Waals surface area contributed by atoms with Gasteiger partial charge in [-0.3, -0.25) is 9.78 Å². The molecule has 22 heavy (non-hydrogen) atoms. The topological polar surface area (TPSA) is 55.1 Å². The number of pyridine rings is 1. The number of nitrogens with one attached hydrogen (secondary N) is 1. The van der Waals surface area contributed by atoms with E-state index in [2.05, 4.69) is 10.3 Å². The Kier molecular flexibility index (Phi) is 4.11. The summed E-state index contributed by atoms with van der Waals surface area (Å²) in [6, 6.07) is 7.49. The molecule has 2 heterocycles. The Bertz CT molecular complexity index is 812. The molecule has 3 rings (SSSR count). The highest BCUT2D eigenvalue weighted by molar-refractivity contribution is 6.32. The molecule has 3 aromatic rings. The third-order valence-electron chi connectivity index (χ3n) is 3.50. The van der Waals surface area contributed by atoms with Crippen molar-refractivity contribution in [3.8, 4) is 0 Å². The molecule has 0 radical (unpaired) electrons. The van der Waals surface area contributed by atoms with Crippen molar-refractivity contribution in [2.75, 3.05) is 0 Å². The number of amides is 1. The molecule has 0 spiro atoms. The molecule has 2 aromatic heterocycles. The van der Waals surface area contributed by atoms with Gasteiger partial charge in [0.05, 0.1) is 12.7 Å². The summed E-state index contributed by atoms with van der Waals surface area (Å²) in [7, 11) is 0. The zero-order chi connectivity index (χ0) is 15.5. The first-order chi connectivity index (χ1) is 10.6. The average molecular weight is 315 g/mol. The number of hydrogen-bond donors (Lipinski definition) is 1. The van der Waals surface area contributed by atoms with Gasteiger partial charge in [0, 0.05) is 34.9 Å². The monoisotopic (exact) mass is 314 g/mol. The normalized spacial score (nSPS) is 10.8. The van der Waals surface area contributed by atoms with Crippen LogP contribution in [0.2, 0.25) is 5.02 Å². The van der Waals surface area contributed by atoms with Crippen LogP contribution in [0.5, 0.6) is 0 Å². The molecule has 1 aromatic carbocycles. The van der Waals surface area contributed by atoms with Crippen LogP contribution >= 0.6 is 11.6 Å². The molecule has 0 saturated carbocycles. The van der Waals surface area contributed by atoms with E-state index in [1.807, 2.05) is 31.2 Å². The maximum atomic E-state index is 12.1. The lowest BCUT2D eigenvalue weighted by Gasteiger charge is -2.04. The Morgan fingerprint density at radius 1 is 1.41 bits per heavy atom. The van der Waals surface area contributed by atoms with Gasteiger partial charge in [0.2, 0.25) is 5.91 Å². The van der Waals surface area contributed by atoms with Crippen LogP contribution in [0.25, 0.3) is 11.0 Å². The molecule has 0 bridgehead atoms. The fourth-order valence-corrected chi connectivity index (χ4v) is 2.44. The Morgan fingerprint density at radius 2 is 2.27 bits per heavy atom. The standard InChI is InChI=1S/C17H15ClN2O2/c1-11-5-16-14(7-15(11)18)13(10-22-16)6-17(21)20-9-12-3-2-4-19-8-12/h2-5,7-8,10H,6,9H2,1H3,(H,20,21). The molecular weight excluding hydrogens is 300 g/mol. The quantitative estimate of drug-likeness (QED) is 0.799. The largest absolute Gasteiger partial charge is 0.464 e. The van der Waals surface area contributed by atoms with Gasteiger partial charge in [0.25, 0.3) is 0 Å². The van der Waals surface area contributed by atoms with Crippen molar-refractivity contribution >= 4 is 28.5 Å². The number of carbonyl (C=O) groups is 1. The summed E-state index contributed by atoms with van der Waals surface area (Å²) in [5, 5.41) is 4.43. The summed E-state index contributed by atoms with van der Waals surface area (Å²) in [4.78, 5) is 16.1. The van der Waals surface area contributed by atoms with Gasteiger partial charge in [0.15, 0.2) is 0 Å². The van der Waals surface area contributed by atoms with Crippen molar-refractivity contribution in [3.63, 3.8) is 0 Å². The summed E-state index contributed by atoms with van der Waals surface area (Å²) >= 11 is 6.15. The van der Waals surface area contributed by atoms with Crippen molar-refractivity contribution in [1.29, 1.82) is 0 Å². The van der Waals surface area contributed by atoms with Crippen LogP contribution in [0.15, 0.2) is 47.3 Å². The number of fused-ring (bicyclic) bond motifs is 1. The molecule has 0 aliphatic heterocycles. The van der Waals surface area contributed by atoms with Gasteiger partial charge in [-0.05, 0) is 36.2 Å². The molecule has 112 valence electrons. The summed E-state index contributed by atoms with van der Waals surface area (Å²) in [6.07, 6.45) is 5.31. The molecule has 1 N–H and O–H groups in total. The van der Waals surface area contributed by atoms with Crippen LogP contribution in [-0.2, 0) is 17.8 Å². The van der Waals surface area contributed by atoms with Crippen LogP contribution in [0.1, 0.15) is 16.7 Å². The van der Waals surface area contributed by atoms with E-state index in [1.165, 1.54) is 0 Å². The number of furan rings is 1. The minimum absolute atomic E-state index is 0.0664. The summed E-state index contributed by atoms with van der Waals surface area (Å²) in [6.45, 7) is 2.38. The van der Waals surface area contributed by atoms with E-state index in [9.17, 15) is 4.79 Å². The lowest BCUT2D eigenvalue weighted by molar-refractivity contribution is -0.120. The molecule has 4 nitrogen and oxygen atoms in total. The smallest absolute Gasteiger partial charge is 0.224 e. The van der Waals surface area contributed by atoms with E-state index in [0.717, 1.165) is 27.7 Å². The molecule has 0 unspecified atom stereocenters. The minimum atomic E-state index is -0.0664. The van der Waals surface area contributed by atoms with Crippen molar-refractivity contribution in [2.24, 2.45) is 0 Å². The van der Waals surface area contributed by atoms with Crippen molar-refractivity contribution in [2.45, 2.75) is 19.9 Å². The molecule has 0 aliphatic carbocycles. The lowest BCUT2D eigenvalue weighted by Crippen LogP contribution is -2.24.